The van der Waals surface area contributed by atoms with Gasteiger partial charge in [0.2, 0.25) is 10.0 Å². The maximum Gasteiger partial charge on any atom is 0.241 e. The third kappa shape index (κ3) is 2.33. The average molecular weight is 237 g/mol. The monoisotopic (exact) mass is 237 g/mol. The van der Waals surface area contributed by atoms with Crippen LogP contribution in [-0.4, -0.2) is 14.5 Å². The van der Waals surface area contributed by atoms with Crippen LogP contribution in [0.15, 0.2) is 41.3 Å². The van der Waals surface area contributed by atoms with Gasteiger partial charge in [-0.1, -0.05) is 30.4 Å². The Labute approximate surface area is 96.2 Å². The Morgan fingerprint density at radius 1 is 1.19 bits per heavy atom. The molecule has 1 aromatic carbocycles. The summed E-state index contributed by atoms with van der Waals surface area (Å²) in [6.45, 7) is 1.81. The molecule has 0 aromatic heterocycles. The third-order valence-corrected chi connectivity index (χ3v) is 4.39. The summed E-state index contributed by atoms with van der Waals surface area (Å²) in [4.78, 5) is 0.377. The van der Waals surface area contributed by atoms with Crippen LogP contribution in [0.4, 0.5) is 0 Å². The first-order valence-corrected chi connectivity index (χ1v) is 6.81. The summed E-state index contributed by atoms with van der Waals surface area (Å²) in [5.74, 6) is 0. The van der Waals surface area contributed by atoms with Crippen LogP contribution in [0.1, 0.15) is 18.4 Å². The predicted octanol–water partition coefficient (Wildman–Crippen LogP) is 1.99. The van der Waals surface area contributed by atoms with E-state index in [-0.39, 0.29) is 6.04 Å². The lowest BCUT2D eigenvalue weighted by Gasteiger charge is -2.13. The topological polar surface area (TPSA) is 46.2 Å². The molecule has 2 rings (SSSR count). The van der Waals surface area contributed by atoms with E-state index in [1.165, 1.54) is 0 Å². The van der Waals surface area contributed by atoms with Gasteiger partial charge in [-0.15, -0.1) is 0 Å². The number of nitrogens with one attached hydrogen (secondary N) is 1. The fraction of sp³-hybridized carbons (Fsp3) is 0.333. The maximum atomic E-state index is 12.1. The number of sulfonamides is 1. The van der Waals surface area contributed by atoms with E-state index in [1.54, 1.807) is 12.1 Å². The summed E-state index contributed by atoms with van der Waals surface area (Å²) in [7, 11) is -3.36. The molecule has 4 heteroatoms. The molecular weight excluding hydrogens is 222 g/mol. The van der Waals surface area contributed by atoms with Gasteiger partial charge in [0, 0.05) is 6.04 Å². The molecule has 0 bridgehead atoms. The first-order valence-electron chi connectivity index (χ1n) is 5.32. The Bertz CT molecular complexity index is 498. The summed E-state index contributed by atoms with van der Waals surface area (Å²) in [6.07, 6.45) is 5.58. The maximum absolute atomic E-state index is 12.1. The minimum absolute atomic E-state index is 0.0182. The molecule has 0 radical (unpaired) electrons. The minimum atomic E-state index is -3.36. The van der Waals surface area contributed by atoms with Gasteiger partial charge in [-0.2, -0.15) is 0 Å². The van der Waals surface area contributed by atoms with Gasteiger partial charge in [0.05, 0.1) is 4.90 Å². The van der Waals surface area contributed by atoms with Gasteiger partial charge in [-0.05, 0) is 31.4 Å². The van der Waals surface area contributed by atoms with E-state index < -0.39 is 10.0 Å². The van der Waals surface area contributed by atoms with Crippen molar-refractivity contribution < 1.29 is 8.42 Å². The van der Waals surface area contributed by atoms with Crippen LogP contribution < -0.4 is 4.72 Å². The smallest absolute Gasteiger partial charge is 0.207 e. The SMILES string of the molecule is Cc1ccccc1S(=O)(=O)NC1CC=CC1. The molecule has 16 heavy (non-hydrogen) atoms. The van der Waals surface area contributed by atoms with E-state index >= 15 is 0 Å². The highest BCUT2D eigenvalue weighted by Gasteiger charge is 2.21. The molecule has 0 heterocycles. The number of aryl methyl sites for hydroxylation is 1. The molecule has 0 saturated carbocycles. The number of rotatable bonds is 3. The normalized spacial score (nSPS) is 16.8. The van der Waals surface area contributed by atoms with E-state index in [9.17, 15) is 8.42 Å². The van der Waals surface area contributed by atoms with Crippen LogP contribution in [0.25, 0.3) is 0 Å². The zero-order valence-corrected chi connectivity index (χ0v) is 10.00. The second-order valence-electron chi connectivity index (χ2n) is 4.03. The van der Waals surface area contributed by atoms with E-state index in [1.807, 2.05) is 31.2 Å². The molecule has 1 N–H and O–H groups in total. The predicted molar refractivity (Wildman–Crippen MR) is 63.7 cm³/mol. The van der Waals surface area contributed by atoms with Crippen molar-refractivity contribution in [2.75, 3.05) is 0 Å². The van der Waals surface area contributed by atoms with Crippen molar-refractivity contribution in [2.45, 2.75) is 30.7 Å². The Morgan fingerprint density at radius 3 is 2.44 bits per heavy atom. The summed E-state index contributed by atoms with van der Waals surface area (Å²) in [5.41, 5.74) is 0.779. The fourth-order valence-electron chi connectivity index (χ4n) is 1.85. The molecule has 0 saturated heterocycles. The van der Waals surface area contributed by atoms with Crippen molar-refractivity contribution >= 4 is 10.0 Å². The largest absolute Gasteiger partial charge is 0.241 e. The number of hydrogen-bond acceptors (Lipinski definition) is 2. The van der Waals surface area contributed by atoms with Crippen LogP contribution in [0.2, 0.25) is 0 Å². The Kier molecular flexibility index (Phi) is 3.12. The van der Waals surface area contributed by atoms with Gasteiger partial charge >= 0.3 is 0 Å². The molecule has 0 amide bonds. The first kappa shape index (κ1) is 11.4. The van der Waals surface area contributed by atoms with E-state index in [2.05, 4.69) is 4.72 Å². The lowest BCUT2D eigenvalue weighted by atomic mass is 10.2. The van der Waals surface area contributed by atoms with Crippen LogP contribution in [0.5, 0.6) is 0 Å². The van der Waals surface area contributed by atoms with Gasteiger partial charge in [0.1, 0.15) is 0 Å². The van der Waals surface area contributed by atoms with Crippen LogP contribution >= 0.6 is 0 Å². The van der Waals surface area contributed by atoms with Gasteiger partial charge in [0.15, 0.2) is 0 Å². The van der Waals surface area contributed by atoms with Crippen molar-refractivity contribution in [2.24, 2.45) is 0 Å². The van der Waals surface area contributed by atoms with Crippen LogP contribution in [0.3, 0.4) is 0 Å². The summed E-state index contributed by atoms with van der Waals surface area (Å²) < 4.78 is 26.9. The molecule has 0 aliphatic heterocycles. The summed E-state index contributed by atoms with van der Waals surface area (Å²) in [6, 6.07) is 7.05. The molecular formula is C12H15NO2S. The summed E-state index contributed by atoms with van der Waals surface area (Å²) >= 11 is 0. The van der Waals surface area contributed by atoms with Crippen molar-refractivity contribution in [3.8, 4) is 0 Å². The van der Waals surface area contributed by atoms with Crippen molar-refractivity contribution in [1.29, 1.82) is 0 Å². The molecule has 0 atom stereocenters. The highest BCUT2D eigenvalue weighted by Crippen LogP contribution is 2.17. The molecule has 1 aromatic rings. The van der Waals surface area contributed by atoms with E-state index in [0.29, 0.717) is 4.90 Å². The quantitative estimate of drug-likeness (QED) is 0.817. The highest BCUT2D eigenvalue weighted by molar-refractivity contribution is 7.89. The van der Waals surface area contributed by atoms with Crippen molar-refractivity contribution in [3.63, 3.8) is 0 Å². The molecule has 0 fully saturated rings. The van der Waals surface area contributed by atoms with Crippen molar-refractivity contribution in [1.82, 2.24) is 4.72 Å². The second kappa shape index (κ2) is 4.39. The highest BCUT2D eigenvalue weighted by atomic mass is 32.2. The standard InChI is InChI=1S/C12H15NO2S/c1-10-6-2-5-9-12(10)16(14,15)13-11-7-3-4-8-11/h2-6,9,11,13H,7-8H2,1H3. The molecule has 86 valence electrons. The van der Waals surface area contributed by atoms with Crippen LogP contribution in [-0.2, 0) is 10.0 Å². The number of hydrogen-bond donors (Lipinski definition) is 1. The van der Waals surface area contributed by atoms with Gasteiger partial charge in [-0.3, -0.25) is 0 Å². The van der Waals surface area contributed by atoms with Gasteiger partial charge < -0.3 is 0 Å². The molecule has 3 nitrogen and oxygen atoms in total. The zero-order chi connectivity index (χ0) is 11.6. The molecule has 1 aliphatic rings. The minimum Gasteiger partial charge on any atom is -0.207 e. The molecule has 0 spiro atoms. The molecule has 0 unspecified atom stereocenters. The lowest BCUT2D eigenvalue weighted by molar-refractivity contribution is 0.557. The average Bonchev–Trinajstić information content (AvgIpc) is 2.70. The van der Waals surface area contributed by atoms with Gasteiger partial charge in [-0.25, -0.2) is 13.1 Å². The Hall–Kier alpha value is -1.13. The fourth-order valence-corrected chi connectivity index (χ4v) is 3.36. The zero-order valence-electron chi connectivity index (χ0n) is 9.18. The Morgan fingerprint density at radius 2 is 1.81 bits per heavy atom. The Balaban J connectivity index is 2.22. The van der Waals surface area contributed by atoms with Crippen molar-refractivity contribution in [3.05, 3.63) is 42.0 Å². The van der Waals surface area contributed by atoms with E-state index in [4.69, 9.17) is 0 Å². The number of benzene rings is 1. The van der Waals surface area contributed by atoms with Gasteiger partial charge in [0.25, 0.3) is 0 Å². The first-order chi connectivity index (χ1) is 7.59. The third-order valence-electron chi connectivity index (χ3n) is 2.71. The van der Waals surface area contributed by atoms with Crippen LogP contribution in [0, 0.1) is 6.92 Å². The van der Waals surface area contributed by atoms with E-state index in [0.717, 1.165) is 18.4 Å². The second-order valence-corrected chi connectivity index (χ2v) is 5.71. The summed E-state index contributed by atoms with van der Waals surface area (Å²) in [5, 5.41) is 0. The lowest BCUT2D eigenvalue weighted by Crippen LogP contribution is -2.33. The molecule has 1 aliphatic carbocycles.